The van der Waals surface area contributed by atoms with E-state index >= 15 is 0 Å². The van der Waals surface area contributed by atoms with Gasteiger partial charge in [0.15, 0.2) is 6.61 Å². The summed E-state index contributed by atoms with van der Waals surface area (Å²) < 4.78 is 5.59. The summed E-state index contributed by atoms with van der Waals surface area (Å²) in [6.45, 7) is 8.01. The first-order chi connectivity index (χ1) is 12.5. The zero-order valence-corrected chi connectivity index (χ0v) is 15.3. The first kappa shape index (κ1) is 17.9. The molecule has 3 rings (SSSR count). The standard InChI is InChI=1S/C22H24N2O2/c1-15(2)18-9-8-16(3)21(13-18)23-24-22(25)14-26-20-11-10-17-6-4-5-7-19(17)12-20/h4-8,10-12,18H,1,9,13-14H2,2-3H3,(H,24,25)/b23-21-/t18-/m1/s1. The molecule has 1 aliphatic carbocycles. The van der Waals surface area contributed by atoms with Crippen molar-refractivity contribution in [3.63, 3.8) is 0 Å². The molecule has 0 bridgehead atoms. The van der Waals surface area contributed by atoms with Crippen molar-refractivity contribution in [2.24, 2.45) is 11.0 Å². The summed E-state index contributed by atoms with van der Waals surface area (Å²) in [7, 11) is 0. The molecule has 26 heavy (non-hydrogen) atoms. The van der Waals surface area contributed by atoms with E-state index in [0.717, 1.165) is 40.5 Å². The lowest BCUT2D eigenvalue weighted by atomic mass is 9.85. The number of amides is 1. The van der Waals surface area contributed by atoms with Crippen molar-refractivity contribution in [2.45, 2.75) is 26.7 Å². The lowest BCUT2D eigenvalue weighted by Gasteiger charge is -2.22. The van der Waals surface area contributed by atoms with Crippen LogP contribution in [0.5, 0.6) is 5.75 Å². The smallest absolute Gasteiger partial charge is 0.277 e. The van der Waals surface area contributed by atoms with E-state index in [2.05, 4.69) is 23.2 Å². The summed E-state index contributed by atoms with van der Waals surface area (Å²) in [4.78, 5) is 12.1. The minimum atomic E-state index is -0.268. The van der Waals surface area contributed by atoms with Crippen molar-refractivity contribution in [1.29, 1.82) is 0 Å². The van der Waals surface area contributed by atoms with E-state index in [-0.39, 0.29) is 12.5 Å². The number of ether oxygens (including phenoxy) is 1. The topological polar surface area (TPSA) is 50.7 Å². The largest absolute Gasteiger partial charge is 0.484 e. The third-order valence-electron chi connectivity index (χ3n) is 4.71. The summed E-state index contributed by atoms with van der Waals surface area (Å²) in [5.41, 5.74) is 5.76. The van der Waals surface area contributed by atoms with Crippen molar-refractivity contribution < 1.29 is 9.53 Å². The number of nitrogens with zero attached hydrogens (tertiary/aromatic N) is 1. The van der Waals surface area contributed by atoms with Crippen molar-refractivity contribution in [2.75, 3.05) is 6.61 Å². The van der Waals surface area contributed by atoms with E-state index in [1.807, 2.05) is 56.3 Å². The van der Waals surface area contributed by atoms with Gasteiger partial charge >= 0.3 is 0 Å². The molecular weight excluding hydrogens is 324 g/mol. The molecule has 0 saturated carbocycles. The zero-order valence-electron chi connectivity index (χ0n) is 15.3. The van der Waals surface area contributed by atoms with Gasteiger partial charge in [0.2, 0.25) is 0 Å². The average molecular weight is 348 g/mol. The van der Waals surface area contributed by atoms with Gasteiger partial charge in [0.1, 0.15) is 5.75 Å². The highest BCUT2D eigenvalue weighted by Gasteiger charge is 2.18. The monoisotopic (exact) mass is 348 g/mol. The maximum Gasteiger partial charge on any atom is 0.277 e. The summed E-state index contributed by atoms with van der Waals surface area (Å²) in [5, 5.41) is 6.51. The van der Waals surface area contributed by atoms with Gasteiger partial charge in [0.05, 0.1) is 5.71 Å². The summed E-state index contributed by atoms with van der Waals surface area (Å²) in [5.74, 6) is 0.793. The van der Waals surface area contributed by atoms with Crippen LogP contribution in [-0.2, 0) is 4.79 Å². The van der Waals surface area contributed by atoms with Gasteiger partial charge in [-0.15, -0.1) is 0 Å². The fourth-order valence-electron chi connectivity index (χ4n) is 2.99. The summed E-state index contributed by atoms with van der Waals surface area (Å²) in [6, 6.07) is 13.8. The minimum Gasteiger partial charge on any atom is -0.484 e. The van der Waals surface area contributed by atoms with Crippen LogP contribution < -0.4 is 10.2 Å². The highest BCUT2D eigenvalue weighted by atomic mass is 16.5. The molecule has 2 aromatic rings. The van der Waals surface area contributed by atoms with Crippen LogP contribution >= 0.6 is 0 Å². The quantitative estimate of drug-likeness (QED) is 0.633. The summed E-state index contributed by atoms with van der Waals surface area (Å²) in [6.07, 6.45) is 3.95. The van der Waals surface area contributed by atoms with Gasteiger partial charge in [-0.05, 0) is 61.1 Å². The fourth-order valence-corrected chi connectivity index (χ4v) is 2.99. The number of rotatable bonds is 5. The number of benzene rings is 2. The van der Waals surface area contributed by atoms with Crippen LogP contribution in [-0.4, -0.2) is 18.2 Å². The SMILES string of the molecule is C=C(C)[C@@H]1CC=C(C)/C(=N\NC(=O)COc2ccc3ccccc3c2)C1. The number of allylic oxidation sites excluding steroid dienone is 3. The van der Waals surface area contributed by atoms with E-state index in [4.69, 9.17) is 4.74 Å². The molecule has 1 aliphatic rings. The number of fused-ring (bicyclic) bond motifs is 1. The maximum absolute atomic E-state index is 12.1. The van der Waals surface area contributed by atoms with Crippen LogP contribution in [0.3, 0.4) is 0 Å². The second-order valence-electron chi connectivity index (χ2n) is 6.76. The molecule has 0 saturated heterocycles. The van der Waals surface area contributed by atoms with Gasteiger partial charge in [-0.1, -0.05) is 48.6 Å². The van der Waals surface area contributed by atoms with Crippen molar-refractivity contribution >= 4 is 22.4 Å². The van der Waals surface area contributed by atoms with E-state index in [1.165, 1.54) is 0 Å². The molecule has 0 spiro atoms. The second-order valence-corrected chi connectivity index (χ2v) is 6.76. The maximum atomic E-state index is 12.1. The Kier molecular flexibility index (Phi) is 5.52. The van der Waals surface area contributed by atoms with Gasteiger partial charge in [-0.3, -0.25) is 4.79 Å². The molecule has 1 amide bonds. The van der Waals surface area contributed by atoms with Crippen LogP contribution in [0.1, 0.15) is 26.7 Å². The van der Waals surface area contributed by atoms with Crippen LogP contribution in [0.25, 0.3) is 10.8 Å². The number of hydrogen-bond donors (Lipinski definition) is 1. The first-order valence-electron chi connectivity index (χ1n) is 8.82. The minimum absolute atomic E-state index is 0.0677. The highest BCUT2D eigenvalue weighted by Crippen LogP contribution is 2.26. The first-order valence-corrected chi connectivity index (χ1v) is 8.82. The fraction of sp³-hybridized carbons (Fsp3) is 0.273. The average Bonchev–Trinajstić information content (AvgIpc) is 2.65. The molecule has 0 heterocycles. The molecule has 0 aromatic heterocycles. The van der Waals surface area contributed by atoms with Crippen molar-refractivity contribution in [3.8, 4) is 5.75 Å². The summed E-state index contributed by atoms with van der Waals surface area (Å²) >= 11 is 0. The number of hydrogen-bond acceptors (Lipinski definition) is 3. The Morgan fingerprint density at radius 1 is 1.27 bits per heavy atom. The molecule has 4 heteroatoms. The Balaban J connectivity index is 1.57. The molecule has 1 N–H and O–H groups in total. The molecule has 2 aromatic carbocycles. The number of carbonyl (C=O) groups is 1. The third-order valence-corrected chi connectivity index (χ3v) is 4.71. The van der Waals surface area contributed by atoms with E-state index in [9.17, 15) is 4.79 Å². The predicted octanol–water partition coefficient (Wildman–Crippen LogP) is 4.62. The van der Waals surface area contributed by atoms with Gasteiger partial charge < -0.3 is 4.74 Å². The number of carbonyl (C=O) groups excluding carboxylic acids is 1. The van der Waals surface area contributed by atoms with Crippen LogP contribution in [0, 0.1) is 5.92 Å². The van der Waals surface area contributed by atoms with Crippen LogP contribution in [0.15, 0.2) is 71.4 Å². The molecule has 0 unspecified atom stereocenters. The van der Waals surface area contributed by atoms with Crippen molar-refractivity contribution in [3.05, 3.63) is 66.3 Å². The number of nitrogens with one attached hydrogen (secondary N) is 1. The van der Waals surface area contributed by atoms with E-state index in [1.54, 1.807) is 0 Å². The Bertz CT molecular complexity index is 896. The van der Waals surface area contributed by atoms with E-state index < -0.39 is 0 Å². The molecule has 1 atom stereocenters. The number of hydrazone groups is 1. The molecule has 4 nitrogen and oxygen atoms in total. The van der Waals surface area contributed by atoms with Gasteiger partial charge in [0.25, 0.3) is 5.91 Å². The lowest BCUT2D eigenvalue weighted by Crippen LogP contribution is -2.27. The zero-order chi connectivity index (χ0) is 18.5. The molecule has 0 fully saturated rings. The molecule has 0 radical (unpaired) electrons. The Hall–Kier alpha value is -2.88. The van der Waals surface area contributed by atoms with Crippen LogP contribution in [0.2, 0.25) is 0 Å². The van der Waals surface area contributed by atoms with Gasteiger partial charge in [-0.2, -0.15) is 5.10 Å². The molecule has 134 valence electrons. The van der Waals surface area contributed by atoms with Crippen molar-refractivity contribution in [1.82, 2.24) is 5.43 Å². The van der Waals surface area contributed by atoms with Gasteiger partial charge in [0, 0.05) is 0 Å². The Morgan fingerprint density at radius 2 is 2.04 bits per heavy atom. The third kappa shape index (κ3) is 4.39. The van der Waals surface area contributed by atoms with Gasteiger partial charge in [-0.25, -0.2) is 5.43 Å². The molecule has 0 aliphatic heterocycles. The highest BCUT2D eigenvalue weighted by molar-refractivity contribution is 6.01. The molecular formula is C22H24N2O2. The second kappa shape index (κ2) is 8.00. The van der Waals surface area contributed by atoms with Crippen LogP contribution in [0.4, 0.5) is 0 Å². The predicted molar refractivity (Wildman–Crippen MR) is 106 cm³/mol. The lowest BCUT2D eigenvalue weighted by molar-refractivity contribution is -0.123. The van der Waals surface area contributed by atoms with E-state index in [0.29, 0.717) is 11.7 Å². The Labute approximate surface area is 154 Å². The Morgan fingerprint density at radius 3 is 2.81 bits per heavy atom. The normalized spacial score (nSPS) is 18.5.